The summed E-state index contributed by atoms with van der Waals surface area (Å²) in [6.45, 7) is 6.69. The smallest absolute Gasteiger partial charge is 0.261 e. The Morgan fingerprint density at radius 1 is 0.800 bits per heavy atom. The second-order valence-corrected chi connectivity index (χ2v) is 15.5. The summed E-state index contributed by atoms with van der Waals surface area (Å²) in [7, 11) is -6.65. The van der Waals surface area contributed by atoms with Gasteiger partial charge in [0.05, 0.1) is 17.8 Å². The lowest BCUT2D eigenvalue weighted by Crippen LogP contribution is -2.67. The Morgan fingerprint density at radius 3 is 1.77 bits per heavy atom. The van der Waals surface area contributed by atoms with E-state index in [-0.39, 0.29) is 16.5 Å². The highest BCUT2D eigenvalue weighted by molar-refractivity contribution is 7.89. The zero-order chi connectivity index (χ0) is 24.9. The standard InChI is InChI=1S/C28H31NO4SSi/c1-28(2,3)35(24-16-9-5-10-17-24,25-18-11-6-12-19-25)33-22-26(27-20-13-21-32-27)29-34(30,31)23-14-7-4-8-15-23/h4-21,26,29H,22H2,1-3H3/t26-/m0/s1. The fourth-order valence-electron chi connectivity index (χ4n) is 4.49. The number of furan rings is 1. The van der Waals surface area contributed by atoms with Crippen molar-refractivity contribution < 1.29 is 17.3 Å². The van der Waals surface area contributed by atoms with Crippen LogP contribution < -0.4 is 15.1 Å². The molecule has 0 bridgehead atoms. The summed E-state index contributed by atoms with van der Waals surface area (Å²) in [4.78, 5) is 0.196. The number of nitrogens with one attached hydrogen (secondary N) is 1. The monoisotopic (exact) mass is 505 g/mol. The van der Waals surface area contributed by atoms with Crippen LogP contribution in [0.4, 0.5) is 0 Å². The van der Waals surface area contributed by atoms with Crippen molar-refractivity contribution in [1.82, 2.24) is 4.72 Å². The lowest BCUT2D eigenvalue weighted by Gasteiger charge is -2.43. The summed E-state index contributed by atoms with van der Waals surface area (Å²) >= 11 is 0. The molecule has 4 aromatic rings. The van der Waals surface area contributed by atoms with Crippen molar-refractivity contribution in [3.8, 4) is 0 Å². The number of benzene rings is 3. The highest BCUT2D eigenvalue weighted by Gasteiger charge is 2.50. The van der Waals surface area contributed by atoms with Crippen LogP contribution >= 0.6 is 0 Å². The van der Waals surface area contributed by atoms with Crippen LogP contribution in [-0.4, -0.2) is 23.3 Å². The number of hydrogen-bond donors (Lipinski definition) is 1. The third-order valence-corrected chi connectivity index (χ3v) is 12.6. The van der Waals surface area contributed by atoms with Crippen molar-refractivity contribution in [2.24, 2.45) is 0 Å². The highest BCUT2D eigenvalue weighted by Crippen LogP contribution is 2.37. The summed E-state index contributed by atoms with van der Waals surface area (Å²) in [6, 6.07) is 31.7. The normalized spacial score (nSPS) is 13.5. The molecule has 1 heterocycles. The van der Waals surface area contributed by atoms with Crippen molar-refractivity contribution in [1.29, 1.82) is 0 Å². The van der Waals surface area contributed by atoms with Crippen LogP contribution in [0.5, 0.6) is 0 Å². The first-order valence-electron chi connectivity index (χ1n) is 11.6. The molecule has 0 spiro atoms. The third-order valence-electron chi connectivity index (χ3n) is 6.12. The number of sulfonamides is 1. The van der Waals surface area contributed by atoms with Crippen molar-refractivity contribution >= 4 is 28.7 Å². The quantitative estimate of drug-likeness (QED) is 0.329. The van der Waals surface area contributed by atoms with Gasteiger partial charge in [0.1, 0.15) is 11.8 Å². The van der Waals surface area contributed by atoms with Gasteiger partial charge in [-0.1, -0.05) is 99.6 Å². The maximum absolute atomic E-state index is 13.2. The van der Waals surface area contributed by atoms with E-state index in [1.54, 1.807) is 48.7 Å². The topological polar surface area (TPSA) is 68.5 Å². The van der Waals surface area contributed by atoms with Gasteiger partial charge in [0, 0.05) is 0 Å². The van der Waals surface area contributed by atoms with Gasteiger partial charge in [0.2, 0.25) is 10.0 Å². The van der Waals surface area contributed by atoms with E-state index >= 15 is 0 Å². The summed E-state index contributed by atoms with van der Waals surface area (Å²) in [6.07, 6.45) is 1.54. The minimum atomic E-state index is -3.79. The Kier molecular flexibility index (Phi) is 7.42. The second kappa shape index (κ2) is 10.3. The minimum absolute atomic E-state index is 0.118. The summed E-state index contributed by atoms with van der Waals surface area (Å²) in [5, 5.41) is 2.02. The fourth-order valence-corrected chi connectivity index (χ4v) is 10.3. The van der Waals surface area contributed by atoms with E-state index in [9.17, 15) is 8.42 Å². The van der Waals surface area contributed by atoms with Gasteiger partial charge in [-0.3, -0.25) is 0 Å². The predicted molar refractivity (Wildman–Crippen MR) is 142 cm³/mol. The molecule has 0 saturated heterocycles. The van der Waals surface area contributed by atoms with Gasteiger partial charge in [-0.2, -0.15) is 4.72 Å². The molecule has 182 valence electrons. The first kappa shape index (κ1) is 25.1. The second-order valence-electron chi connectivity index (χ2n) is 9.48. The lowest BCUT2D eigenvalue weighted by atomic mass is 10.2. The van der Waals surface area contributed by atoms with Gasteiger partial charge in [-0.25, -0.2) is 8.42 Å². The number of hydrogen-bond acceptors (Lipinski definition) is 4. The fraction of sp³-hybridized carbons (Fsp3) is 0.214. The molecule has 35 heavy (non-hydrogen) atoms. The molecular weight excluding hydrogens is 474 g/mol. The Balaban J connectivity index is 1.76. The molecule has 0 aliphatic heterocycles. The van der Waals surface area contributed by atoms with Crippen molar-refractivity contribution in [2.45, 2.75) is 36.7 Å². The van der Waals surface area contributed by atoms with Crippen LogP contribution in [0.25, 0.3) is 0 Å². The van der Waals surface area contributed by atoms with Crippen LogP contribution in [0.3, 0.4) is 0 Å². The molecule has 0 radical (unpaired) electrons. The van der Waals surface area contributed by atoms with Gasteiger partial charge in [0.15, 0.2) is 0 Å². The zero-order valence-corrected chi connectivity index (χ0v) is 22.0. The van der Waals surface area contributed by atoms with Crippen molar-refractivity contribution in [3.63, 3.8) is 0 Å². The molecule has 1 aromatic heterocycles. The molecular formula is C28H31NO4SSi. The molecule has 5 nitrogen and oxygen atoms in total. The van der Waals surface area contributed by atoms with E-state index in [1.807, 2.05) is 36.4 Å². The Hall–Kier alpha value is -2.97. The summed E-state index contributed by atoms with van der Waals surface area (Å²) in [5.74, 6) is 0.502. The largest absolute Gasteiger partial charge is 0.468 e. The first-order chi connectivity index (χ1) is 16.7. The van der Waals surface area contributed by atoms with Gasteiger partial charge in [-0.15, -0.1) is 0 Å². The van der Waals surface area contributed by atoms with E-state index in [2.05, 4.69) is 49.8 Å². The van der Waals surface area contributed by atoms with Gasteiger partial charge in [-0.05, 0) is 39.7 Å². The molecule has 0 saturated carbocycles. The molecule has 0 aliphatic carbocycles. The van der Waals surface area contributed by atoms with Crippen LogP contribution in [0, 0.1) is 0 Å². The van der Waals surface area contributed by atoms with Crippen LogP contribution in [0.15, 0.2) is 119 Å². The Morgan fingerprint density at radius 2 is 1.31 bits per heavy atom. The maximum Gasteiger partial charge on any atom is 0.261 e. The lowest BCUT2D eigenvalue weighted by molar-refractivity contribution is 0.248. The summed E-state index contributed by atoms with van der Waals surface area (Å²) < 4.78 is 41.9. The highest BCUT2D eigenvalue weighted by atomic mass is 32.2. The molecule has 0 aliphatic rings. The average molecular weight is 506 g/mol. The molecule has 7 heteroatoms. The van der Waals surface area contributed by atoms with E-state index in [1.165, 1.54) is 0 Å². The van der Waals surface area contributed by atoms with E-state index < -0.39 is 24.4 Å². The summed E-state index contributed by atoms with van der Waals surface area (Å²) in [5.41, 5.74) is 0. The maximum atomic E-state index is 13.2. The average Bonchev–Trinajstić information content (AvgIpc) is 3.40. The Bertz CT molecular complexity index is 1260. The molecule has 1 atom stereocenters. The van der Waals surface area contributed by atoms with Crippen LogP contribution in [-0.2, 0) is 14.4 Å². The molecule has 4 rings (SSSR count). The van der Waals surface area contributed by atoms with Crippen LogP contribution in [0.1, 0.15) is 32.6 Å². The minimum Gasteiger partial charge on any atom is -0.468 e. The van der Waals surface area contributed by atoms with Crippen molar-refractivity contribution in [2.75, 3.05) is 6.61 Å². The van der Waals surface area contributed by atoms with Gasteiger partial charge in [0.25, 0.3) is 8.32 Å². The molecule has 1 N–H and O–H groups in total. The van der Waals surface area contributed by atoms with Crippen LogP contribution in [0.2, 0.25) is 5.04 Å². The van der Waals surface area contributed by atoms with Gasteiger partial charge >= 0.3 is 0 Å². The molecule has 0 amide bonds. The molecule has 0 unspecified atom stereocenters. The number of rotatable bonds is 9. The molecule has 3 aromatic carbocycles. The van der Waals surface area contributed by atoms with E-state index in [4.69, 9.17) is 8.84 Å². The van der Waals surface area contributed by atoms with E-state index in [0.29, 0.717) is 5.76 Å². The zero-order valence-electron chi connectivity index (χ0n) is 20.2. The van der Waals surface area contributed by atoms with E-state index in [0.717, 1.165) is 10.4 Å². The molecule has 0 fully saturated rings. The predicted octanol–water partition coefficient (Wildman–Crippen LogP) is 4.88. The first-order valence-corrected chi connectivity index (χ1v) is 15.0. The van der Waals surface area contributed by atoms with Crippen molar-refractivity contribution in [3.05, 3.63) is 115 Å². The third kappa shape index (κ3) is 5.33. The Labute approximate surface area is 209 Å². The van der Waals surface area contributed by atoms with Gasteiger partial charge < -0.3 is 8.84 Å². The SMILES string of the molecule is CC(C)(C)[Si](OC[C@H](NS(=O)(=O)c1ccccc1)c1ccco1)(c1ccccc1)c1ccccc1.